The Morgan fingerprint density at radius 1 is 1.10 bits per heavy atom. The van der Waals surface area contributed by atoms with E-state index in [2.05, 4.69) is 58.8 Å². The SMILES string of the molecule is c1ccc2c(c1)SCCC2NCc1cccc2[nH]ccc12. The summed E-state index contributed by atoms with van der Waals surface area (Å²) in [6.45, 7) is 0.916. The van der Waals surface area contributed by atoms with Crippen molar-refractivity contribution in [3.63, 3.8) is 0 Å². The van der Waals surface area contributed by atoms with Gasteiger partial charge in [-0.05, 0) is 41.5 Å². The van der Waals surface area contributed by atoms with Crippen LogP contribution in [0.3, 0.4) is 0 Å². The van der Waals surface area contributed by atoms with Gasteiger partial charge in [-0.1, -0.05) is 30.3 Å². The van der Waals surface area contributed by atoms with Gasteiger partial charge in [0.15, 0.2) is 0 Å². The largest absolute Gasteiger partial charge is 0.361 e. The van der Waals surface area contributed by atoms with E-state index < -0.39 is 0 Å². The second-order valence-corrected chi connectivity index (χ2v) is 6.60. The second-order valence-electron chi connectivity index (χ2n) is 5.46. The highest BCUT2D eigenvalue weighted by Crippen LogP contribution is 2.36. The molecule has 0 saturated carbocycles. The number of fused-ring (bicyclic) bond motifs is 2. The van der Waals surface area contributed by atoms with Gasteiger partial charge >= 0.3 is 0 Å². The molecule has 2 nitrogen and oxygen atoms in total. The fraction of sp³-hybridized carbons (Fsp3) is 0.222. The molecule has 2 N–H and O–H groups in total. The summed E-state index contributed by atoms with van der Waals surface area (Å²) in [5.41, 5.74) is 4.04. The average Bonchev–Trinajstić information content (AvgIpc) is 3.02. The quantitative estimate of drug-likeness (QED) is 0.744. The Morgan fingerprint density at radius 3 is 3.05 bits per heavy atom. The average molecular weight is 294 g/mol. The zero-order valence-electron chi connectivity index (χ0n) is 11.8. The van der Waals surface area contributed by atoms with Crippen LogP contribution in [0.5, 0.6) is 0 Å². The first-order chi connectivity index (χ1) is 10.4. The maximum absolute atomic E-state index is 3.75. The molecule has 4 rings (SSSR count). The summed E-state index contributed by atoms with van der Waals surface area (Å²) in [5.74, 6) is 1.20. The number of hydrogen-bond donors (Lipinski definition) is 2. The molecule has 3 aromatic rings. The minimum atomic E-state index is 0.469. The number of aromatic amines is 1. The third kappa shape index (κ3) is 2.47. The molecule has 0 amide bonds. The standard InChI is InChI=1S/C18H18N2S/c1-2-7-18-15(5-1)17(9-11-21-18)20-12-13-4-3-6-16-14(13)8-10-19-16/h1-8,10,17,19-20H,9,11-12H2. The van der Waals surface area contributed by atoms with E-state index in [1.54, 1.807) is 0 Å². The molecule has 0 radical (unpaired) electrons. The van der Waals surface area contributed by atoms with Crippen LogP contribution < -0.4 is 5.32 Å². The summed E-state index contributed by atoms with van der Waals surface area (Å²) in [6.07, 6.45) is 3.21. The third-order valence-corrected chi connectivity index (χ3v) is 5.31. The predicted molar refractivity (Wildman–Crippen MR) is 89.7 cm³/mol. The van der Waals surface area contributed by atoms with Gasteiger partial charge in [-0.2, -0.15) is 0 Å². The lowest BCUT2D eigenvalue weighted by atomic mass is 10.0. The normalized spacial score (nSPS) is 17.8. The second kappa shape index (κ2) is 5.58. The van der Waals surface area contributed by atoms with Gasteiger partial charge in [0.25, 0.3) is 0 Å². The first kappa shape index (κ1) is 13.0. The molecule has 1 aliphatic rings. The number of rotatable bonds is 3. The van der Waals surface area contributed by atoms with Crippen LogP contribution in [-0.2, 0) is 6.54 Å². The maximum Gasteiger partial charge on any atom is 0.0457 e. The summed E-state index contributed by atoms with van der Waals surface area (Å²) in [4.78, 5) is 4.71. The highest BCUT2D eigenvalue weighted by atomic mass is 32.2. The van der Waals surface area contributed by atoms with Crippen LogP contribution in [-0.4, -0.2) is 10.7 Å². The van der Waals surface area contributed by atoms with E-state index >= 15 is 0 Å². The Morgan fingerprint density at radius 2 is 2.05 bits per heavy atom. The highest BCUT2D eigenvalue weighted by Gasteiger charge is 2.19. The lowest BCUT2D eigenvalue weighted by Gasteiger charge is -2.26. The smallest absolute Gasteiger partial charge is 0.0457 e. The van der Waals surface area contributed by atoms with E-state index in [0.717, 1.165) is 6.54 Å². The Hall–Kier alpha value is -1.71. The number of aromatic nitrogens is 1. The van der Waals surface area contributed by atoms with Crippen molar-refractivity contribution in [3.8, 4) is 0 Å². The van der Waals surface area contributed by atoms with Crippen LogP contribution in [0.25, 0.3) is 10.9 Å². The molecule has 0 saturated heterocycles. The molecule has 106 valence electrons. The van der Waals surface area contributed by atoms with Gasteiger partial charge in [0.05, 0.1) is 0 Å². The van der Waals surface area contributed by atoms with Crippen molar-refractivity contribution < 1.29 is 0 Å². The third-order valence-electron chi connectivity index (χ3n) is 4.18. The molecule has 1 aromatic heterocycles. The van der Waals surface area contributed by atoms with Gasteiger partial charge in [-0.3, -0.25) is 0 Å². The minimum Gasteiger partial charge on any atom is -0.361 e. The van der Waals surface area contributed by atoms with Crippen molar-refractivity contribution in [3.05, 3.63) is 65.9 Å². The Bertz CT molecular complexity index is 763. The first-order valence-corrected chi connectivity index (χ1v) is 8.40. The monoisotopic (exact) mass is 294 g/mol. The minimum absolute atomic E-state index is 0.469. The number of hydrogen-bond acceptors (Lipinski definition) is 2. The fourth-order valence-electron chi connectivity index (χ4n) is 3.09. The van der Waals surface area contributed by atoms with Crippen LogP contribution >= 0.6 is 11.8 Å². The summed E-state index contributed by atoms with van der Waals surface area (Å²) >= 11 is 1.97. The molecule has 0 bridgehead atoms. The maximum atomic E-state index is 3.75. The van der Waals surface area contributed by atoms with Crippen molar-refractivity contribution in [1.82, 2.24) is 10.3 Å². The molecule has 1 atom stereocenters. The topological polar surface area (TPSA) is 27.8 Å². The highest BCUT2D eigenvalue weighted by molar-refractivity contribution is 7.99. The van der Waals surface area contributed by atoms with E-state index in [9.17, 15) is 0 Å². The van der Waals surface area contributed by atoms with E-state index in [-0.39, 0.29) is 0 Å². The van der Waals surface area contributed by atoms with Crippen molar-refractivity contribution in [2.45, 2.75) is 23.9 Å². The molecular weight excluding hydrogens is 276 g/mol. The molecule has 0 spiro atoms. The first-order valence-electron chi connectivity index (χ1n) is 7.42. The van der Waals surface area contributed by atoms with Crippen LogP contribution in [0, 0.1) is 0 Å². The molecule has 2 aromatic carbocycles. The van der Waals surface area contributed by atoms with Crippen molar-refractivity contribution in [1.29, 1.82) is 0 Å². The van der Waals surface area contributed by atoms with Crippen LogP contribution in [0.2, 0.25) is 0 Å². The van der Waals surface area contributed by atoms with Gasteiger partial charge < -0.3 is 10.3 Å². The summed E-state index contributed by atoms with van der Waals surface area (Å²) in [7, 11) is 0. The molecular formula is C18H18N2S. The van der Waals surface area contributed by atoms with E-state index in [0.29, 0.717) is 6.04 Å². The van der Waals surface area contributed by atoms with Crippen molar-refractivity contribution in [2.24, 2.45) is 0 Å². The number of thioether (sulfide) groups is 1. The van der Waals surface area contributed by atoms with Crippen LogP contribution in [0.15, 0.2) is 59.6 Å². The van der Waals surface area contributed by atoms with Gasteiger partial charge in [-0.15, -0.1) is 11.8 Å². The molecule has 3 heteroatoms. The zero-order chi connectivity index (χ0) is 14.1. The molecule has 0 aliphatic carbocycles. The summed E-state index contributed by atoms with van der Waals surface area (Å²) in [5, 5.41) is 5.07. The lowest BCUT2D eigenvalue weighted by molar-refractivity contribution is 0.511. The molecule has 0 fully saturated rings. The lowest BCUT2D eigenvalue weighted by Crippen LogP contribution is -2.24. The Kier molecular flexibility index (Phi) is 3.45. The molecule has 1 aliphatic heterocycles. The Balaban J connectivity index is 1.57. The zero-order valence-corrected chi connectivity index (χ0v) is 12.6. The van der Waals surface area contributed by atoms with Crippen LogP contribution in [0.1, 0.15) is 23.6 Å². The number of H-pyrrole nitrogens is 1. The molecule has 1 unspecified atom stereocenters. The van der Waals surface area contributed by atoms with E-state index in [1.165, 1.54) is 39.1 Å². The van der Waals surface area contributed by atoms with Gasteiger partial charge in [-0.25, -0.2) is 0 Å². The van der Waals surface area contributed by atoms with Gasteiger partial charge in [0, 0.05) is 34.6 Å². The van der Waals surface area contributed by atoms with Gasteiger partial charge in [0.2, 0.25) is 0 Å². The Labute approximate surface area is 129 Å². The van der Waals surface area contributed by atoms with E-state index in [4.69, 9.17) is 0 Å². The number of nitrogens with one attached hydrogen (secondary N) is 2. The fourth-order valence-corrected chi connectivity index (χ4v) is 4.22. The predicted octanol–water partition coefficient (Wildman–Crippen LogP) is 4.49. The summed E-state index contributed by atoms with van der Waals surface area (Å²) in [6, 6.07) is 17.9. The number of benzene rings is 2. The van der Waals surface area contributed by atoms with Crippen molar-refractivity contribution in [2.75, 3.05) is 5.75 Å². The van der Waals surface area contributed by atoms with Crippen molar-refractivity contribution >= 4 is 22.7 Å². The van der Waals surface area contributed by atoms with E-state index in [1.807, 2.05) is 18.0 Å². The summed E-state index contributed by atoms with van der Waals surface area (Å²) < 4.78 is 0. The molecule has 21 heavy (non-hydrogen) atoms. The van der Waals surface area contributed by atoms with Crippen LogP contribution in [0.4, 0.5) is 0 Å². The van der Waals surface area contributed by atoms with Gasteiger partial charge in [0.1, 0.15) is 0 Å². The molecule has 2 heterocycles.